The maximum absolute atomic E-state index is 6.01. The van der Waals surface area contributed by atoms with E-state index in [4.69, 9.17) is 15.0 Å². The van der Waals surface area contributed by atoms with Crippen molar-refractivity contribution in [2.24, 2.45) is 11.7 Å². The molecule has 0 aliphatic carbocycles. The summed E-state index contributed by atoms with van der Waals surface area (Å²) in [6.07, 6.45) is 1.85. The molecule has 0 fully saturated rings. The fraction of sp³-hybridized carbons (Fsp3) is 0.857. The minimum Gasteiger partial charge on any atom is -0.370 e. The molecule has 1 rings (SSSR count). The van der Waals surface area contributed by atoms with E-state index in [2.05, 4.69) is 30.9 Å². The zero-order valence-electron chi connectivity index (χ0n) is 12.7. The molecule has 5 heteroatoms. The topological polar surface area (TPSA) is 74.2 Å². The molecule has 0 radical (unpaired) electrons. The molecular weight excluding hydrogens is 242 g/mol. The number of hydrogen-bond donors (Lipinski definition) is 1. The third-order valence-electron chi connectivity index (χ3n) is 3.23. The Bertz CT molecular complexity index is 349. The SMILES string of the molecule is CCCC(OCC)c1noc(C(C(C)C)C(C)N)n1. The second-order valence-electron chi connectivity index (χ2n) is 5.35. The predicted octanol–water partition coefficient (Wildman–Crippen LogP) is 3.03. The number of nitrogens with two attached hydrogens (primary N) is 1. The predicted molar refractivity (Wildman–Crippen MR) is 74.8 cm³/mol. The first-order valence-corrected chi connectivity index (χ1v) is 7.21. The molecule has 0 aliphatic rings. The summed E-state index contributed by atoms with van der Waals surface area (Å²) in [7, 11) is 0. The Hall–Kier alpha value is -0.940. The molecule has 0 bridgehead atoms. The standard InChI is InChI=1S/C14H27N3O2/c1-6-8-11(18-7-2)13-16-14(19-17-13)12(9(3)4)10(5)15/h9-12H,6-8,15H2,1-5H3. The third-order valence-corrected chi connectivity index (χ3v) is 3.23. The van der Waals surface area contributed by atoms with Crippen LogP contribution in [0.1, 0.15) is 71.2 Å². The summed E-state index contributed by atoms with van der Waals surface area (Å²) in [5.41, 5.74) is 6.01. The number of rotatable bonds is 8. The molecule has 0 amide bonds. The quantitative estimate of drug-likeness (QED) is 0.785. The Labute approximate surface area is 115 Å². The highest BCUT2D eigenvalue weighted by atomic mass is 16.5. The zero-order valence-corrected chi connectivity index (χ0v) is 12.7. The second kappa shape index (κ2) is 7.60. The van der Waals surface area contributed by atoms with Crippen LogP contribution < -0.4 is 5.73 Å². The molecule has 0 saturated carbocycles. The molecule has 110 valence electrons. The Morgan fingerprint density at radius 3 is 2.42 bits per heavy atom. The molecule has 0 aromatic carbocycles. The summed E-state index contributed by atoms with van der Waals surface area (Å²) < 4.78 is 11.1. The van der Waals surface area contributed by atoms with Gasteiger partial charge in [-0.15, -0.1) is 0 Å². The van der Waals surface area contributed by atoms with Crippen molar-refractivity contribution in [3.8, 4) is 0 Å². The van der Waals surface area contributed by atoms with E-state index < -0.39 is 0 Å². The Morgan fingerprint density at radius 1 is 1.26 bits per heavy atom. The van der Waals surface area contributed by atoms with Gasteiger partial charge in [-0.1, -0.05) is 32.3 Å². The van der Waals surface area contributed by atoms with Crippen molar-refractivity contribution >= 4 is 0 Å². The van der Waals surface area contributed by atoms with Gasteiger partial charge in [-0.05, 0) is 26.2 Å². The van der Waals surface area contributed by atoms with Crippen molar-refractivity contribution in [1.29, 1.82) is 0 Å². The van der Waals surface area contributed by atoms with Crippen molar-refractivity contribution in [2.75, 3.05) is 6.61 Å². The number of nitrogens with zero attached hydrogens (tertiary/aromatic N) is 2. The monoisotopic (exact) mass is 269 g/mol. The lowest BCUT2D eigenvalue weighted by molar-refractivity contribution is 0.0477. The van der Waals surface area contributed by atoms with E-state index >= 15 is 0 Å². The maximum Gasteiger partial charge on any atom is 0.231 e. The van der Waals surface area contributed by atoms with Crippen LogP contribution in [-0.2, 0) is 4.74 Å². The van der Waals surface area contributed by atoms with E-state index in [0.717, 1.165) is 12.8 Å². The van der Waals surface area contributed by atoms with E-state index in [-0.39, 0.29) is 18.1 Å². The summed E-state index contributed by atoms with van der Waals surface area (Å²) in [5.74, 6) is 1.72. The molecule has 0 saturated heterocycles. The Balaban J connectivity index is 2.89. The lowest BCUT2D eigenvalue weighted by Gasteiger charge is -2.20. The van der Waals surface area contributed by atoms with Gasteiger partial charge in [-0.2, -0.15) is 4.98 Å². The van der Waals surface area contributed by atoms with Crippen LogP contribution >= 0.6 is 0 Å². The van der Waals surface area contributed by atoms with Crippen LogP contribution in [0.5, 0.6) is 0 Å². The normalized spacial score (nSPS) is 16.6. The molecule has 2 N–H and O–H groups in total. The summed E-state index contributed by atoms with van der Waals surface area (Å²) in [5, 5.41) is 4.07. The number of aromatic nitrogens is 2. The van der Waals surface area contributed by atoms with Gasteiger partial charge in [0.25, 0.3) is 0 Å². The average molecular weight is 269 g/mol. The molecule has 3 unspecified atom stereocenters. The molecule has 0 aliphatic heterocycles. The highest BCUT2D eigenvalue weighted by Gasteiger charge is 2.27. The van der Waals surface area contributed by atoms with Crippen molar-refractivity contribution in [2.45, 2.75) is 65.5 Å². The van der Waals surface area contributed by atoms with Crippen molar-refractivity contribution in [3.05, 3.63) is 11.7 Å². The van der Waals surface area contributed by atoms with Gasteiger partial charge < -0.3 is 15.0 Å². The first-order valence-electron chi connectivity index (χ1n) is 7.21. The van der Waals surface area contributed by atoms with Crippen LogP contribution in [0, 0.1) is 5.92 Å². The van der Waals surface area contributed by atoms with Crippen LogP contribution in [0.4, 0.5) is 0 Å². The van der Waals surface area contributed by atoms with Gasteiger partial charge in [-0.25, -0.2) is 0 Å². The summed E-state index contributed by atoms with van der Waals surface area (Å²) in [6.45, 7) is 10.9. The molecular formula is C14H27N3O2. The van der Waals surface area contributed by atoms with Gasteiger partial charge in [0.2, 0.25) is 11.7 Å². The number of ether oxygens (including phenoxy) is 1. The molecule has 19 heavy (non-hydrogen) atoms. The van der Waals surface area contributed by atoms with E-state index in [9.17, 15) is 0 Å². The fourth-order valence-electron chi connectivity index (χ4n) is 2.38. The minimum absolute atomic E-state index is 0.00924. The van der Waals surface area contributed by atoms with Gasteiger partial charge in [-0.3, -0.25) is 0 Å². The molecule has 3 atom stereocenters. The molecule has 0 spiro atoms. The lowest BCUT2D eigenvalue weighted by Crippen LogP contribution is -2.28. The summed E-state index contributed by atoms with van der Waals surface area (Å²) >= 11 is 0. The van der Waals surface area contributed by atoms with Gasteiger partial charge >= 0.3 is 0 Å². The molecule has 5 nitrogen and oxygen atoms in total. The van der Waals surface area contributed by atoms with Gasteiger partial charge in [0.1, 0.15) is 6.10 Å². The van der Waals surface area contributed by atoms with Crippen LogP contribution in [0.25, 0.3) is 0 Å². The third kappa shape index (κ3) is 4.28. The molecule has 1 aromatic rings. The highest BCUT2D eigenvalue weighted by Crippen LogP contribution is 2.28. The zero-order chi connectivity index (χ0) is 14.4. The van der Waals surface area contributed by atoms with Crippen LogP contribution in [-0.4, -0.2) is 22.8 Å². The first kappa shape index (κ1) is 16.1. The van der Waals surface area contributed by atoms with E-state index in [1.807, 2.05) is 13.8 Å². The van der Waals surface area contributed by atoms with Gasteiger partial charge in [0.15, 0.2) is 0 Å². The number of hydrogen-bond acceptors (Lipinski definition) is 5. The van der Waals surface area contributed by atoms with Crippen molar-refractivity contribution in [3.63, 3.8) is 0 Å². The lowest BCUT2D eigenvalue weighted by atomic mass is 9.90. The van der Waals surface area contributed by atoms with Crippen molar-refractivity contribution < 1.29 is 9.26 Å². The molecule has 1 aromatic heterocycles. The Morgan fingerprint density at radius 2 is 1.95 bits per heavy atom. The highest BCUT2D eigenvalue weighted by molar-refractivity contribution is 5.01. The Kier molecular flexibility index (Phi) is 6.45. The first-order chi connectivity index (χ1) is 9.01. The van der Waals surface area contributed by atoms with Gasteiger partial charge in [0, 0.05) is 12.6 Å². The smallest absolute Gasteiger partial charge is 0.231 e. The second-order valence-corrected chi connectivity index (χ2v) is 5.35. The average Bonchev–Trinajstić information content (AvgIpc) is 2.77. The van der Waals surface area contributed by atoms with E-state index in [0.29, 0.717) is 24.2 Å². The fourth-order valence-corrected chi connectivity index (χ4v) is 2.38. The summed E-state index contributed by atoms with van der Waals surface area (Å²) in [6, 6.07) is -0.00924. The maximum atomic E-state index is 6.01. The minimum atomic E-state index is -0.0756. The molecule has 1 heterocycles. The van der Waals surface area contributed by atoms with Gasteiger partial charge in [0.05, 0.1) is 5.92 Å². The summed E-state index contributed by atoms with van der Waals surface area (Å²) in [4.78, 5) is 4.51. The van der Waals surface area contributed by atoms with Crippen molar-refractivity contribution in [1.82, 2.24) is 10.1 Å². The van der Waals surface area contributed by atoms with Crippen LogP contribution in [0.3, 0.4) is 0 Å². The van der Waals surface area contributed by atoms with E-state index in [1.165, 1.54) is 0 Å². The van der Waals surface area contributed by atoms with Crippen LogP contribution in [0.15, 0.2) is 4.52 Å². The van der Waals surface area contributed by atoms with Crippen LogP contribution in [0.2, 0.25) is 0 Å². The van der Waals surface area contributed by atoms with E-state index in [1.54, 1.807) is 0 Å². The largest absolute Gasteiger partial charge is 0.370 e.